The molecule has 3 nitrogen and oxygen atoms in total. The minimum atomic E-state index is 0.483. The van der Waals surface area contributed by atoms with Gasteiger partial charge in [-0.05, 0) is 72.3 Å². The van der Waals surface area contributed by atoms with Crippen LogP contribution in [0.2, 0.25) is 0 Å². The van der Waals surface area contributed by atoms with Gasteiger partial charge in [0.15, 0.2) is 0 Å². The van der Waals surface area contributed by atoms with E-state index in [4.69, 9.17) is 9.47 Å². The molecule has 6 atom stereocenters. The van der Waals surface area contributed by atoms with E-state index < -0.39 is 0 Å². The Morgan fingerprint density at radius 2 is 0.760 bits per heavy atom. The van der Waals surface area contributed by atoms with E-state index in [1.165, 1.54) is 116 Å². The van der Waals surface area contributed by atoms with Crippen LogP contribution < -0.4 is 9.47 Å². The average Bonchev–Trinajstić information content (AvgIpc) is 3.04. The highest BCUT2D eigenvalue weighted by Gasteiger charge is 2.12. The third kappa shape index (κ3) is 25.4. The topological polar surface area (TPSA) is 35.5 Å². The first-order chi connectivity index (χ1) is 23.9. The first kappa shape index (κ1) is 46.5. The van der Waals surface area contributed by atoms with Crippen molar-refractivity contribution < 1.29 is 14.3 Å². The van der Waals surface area contributed by atoms with Crippen LogP contribution >= 0.6 is 0 Å². The molecule has 50 heavy (non-hydrogen) atoms. The summed E-state index contributed by atoms with van der Waals surface area (Å²) < 4.78 is 12.2. The summed E-state index contributed by atoms with van der Waals surface area (Å²) in [5, 5.41) is 0. The fourth-order valence-corrected chi connectivity index (χ4v) is 7.42. The predicted molar refractivity (Wildman–Crippen MR) is 219 cm³/mol. The number of hydrogen-bond donors (Lipinski definition) is 0. The molecule has 0 fully saturated rings. The van der Waals surface area contributed by atoms with Gasteiger partial charge in [-0.1, -0.05) is 185 Å². The molecular weight excluding hydrogens is 613 g/mol. The molecule has 0 amide bonds. The zero-order valence-corrected chi connectivity index (χ0v) is 35.1. The minimum Gasteiger partial charge on any atom is -0.493 e. The van der Waals surface area contributed by atoms with Crippen LogP contribution in [0.5, 0.6) is 11.5 Å². The van der Waals surface area contributed by atoms with E-state index in [2.05, 4.69) is 75.5 Å². The molecular formula is C47H85O3. The molecule has 0 saturated heterocycles. The Bertz CT molecular complexity index is 938. The summed E-state index contributed by atoms with van der Waals surface area (Å²) in [6.45, 7) is 25.1. The van der Waals surface area contributed by atoms with Crippen LogP contribution in [-0.2, 0) is 4.79 Å². The zero-order valence-electron chi connectivity index (χ0n) is 35.1. The van der Waals surface area contributed by atoms with Gasteiger partial charge >= 0.3 is 0 Å². The maximum atomic E-state index is 11.6. The van der Waals surface area contributed by atoms with Crippen molar-refractivity contribution in [2.75, 3.05) is 13.2 Å². The summed E-state index contributed by atoms with van der Waals surface area (Å²) in [7, 11) is 0. The van der Waals surface area contributed by atoms with Gasteiger partial charge in [0.2, 0.25) is 6.29 Å². The fourth-order valence-electron chi connectivity index (χ4n) is 7.42. The standard InChI is InChI=1S/C47H85O3/c1-37(2)17-11-19-39(5)21-13-23-41(7)25-15-27-43(9)31-33-49-46-30-29-45(36-48)47(35-46)50-34-32-44(10)28-16-26-42(8)24-14-22-40(6)20-12-18-38(3)4/h29-30,35,37-44H,11-28,31-34H2,1-10H3/t39-,40-,41-,42-,43?,44?/m1/s1. The molecule has 0 spiro atoms. The van der Waals surface area contributed by atoms with E-state index in [1.54, 1.807) is 6.07 Å². The van der Waals surface area contributed by atoms with Gasteiger partial charge in [0.1, 0.15) is 11.5 Å². The van der Waals surface area contributed by atoms with Gasteiger partial charge < -0.3 is 9.47 Å². The fraction of sp³-hybridized carbons (Fsp3) is 0.851. The highest BCUT2D eigenvalue weighted by Crippen LogP contribution is 2.27. The monoisotopic (exact) mass is 698 g/mol. The van der Waals surface area contributed by atoms with Crippen LogP contribution in [0, 0.1) is 47.3 Å². The number of carbonyl (C=O) groups excluding carboxylic acids is 1. The molecule has 1 aromatic rings. The van der Waals surface area contributed by atoms with Crippen LogP contribution in [0.15, 0.2) is 18.2 Å². The minimum absolute atomic E-state index is 0.483. The maximum Gasteiger partial charge on any atom is 0.237 e. The molecule has 1 radical (unpaired) electrons. The lowest BCUT2D eigenvalue weighted by atomic mass is 9.91. The molecule has 0 aliphatic carbocycles. The van der Waals surface area contributed by atoms with Crippen LogP contribution in [0.4, 0.5) is 0 Å². The second kappa shape index (κ2) is 29.0. The van der Waals surface area contributed by atoms with Crippen molar-refractivity contribution in [2.24, 2.45) is 47.3 Å². The number of benzene rings is 1. The van der Waals surface area contributed by atoms with E-state index in [-0.39, 0.29) is 0 Å². The van der Waals surface area contributed by atoms with Gasteiger partial charge in [0, 0.05) is 6.07 Å². The molecule has 2 unspecified atom stereocenters. The molecule has 0 heterocycles. The summed E-state index contributed by atoms with van der Waals surface area (Å²) in [4.78, 5) is 11.6. The second-order valence-corrected chi connectivity index (χ2v) is 18.0. The first-order valence-electron chi connectivity index (χ1n) is 21.7. The summed E-state index contributed by atoms with van der Waals surface area (Å²) in [6, 6.07) is 5.55. The van der Waals surface area contributed by atoms with Crippen molar-refractivity contribution in [2.45, 2.75) is 198 Å². The number of ether oxygens (including phenoxy) is 2. The number of hydrogen-bond acceptors (Lipinski definition) is 3. The molecule has 0 aliphatic heterocycles. The summed E-state index contributed by atoms with van der Waals surface area (Å²) in [6.07, 6.45) is 28.5. The van der Waals surface area contributed by atoms with Crippen LogP contribution in [0.25, 0.3) is 0 Å². The van der Waals surface area contributed by atoms with E-state index in [0.717, 1.165) is 54.1 Å². The first-order valence-corrected chi connectivity index (χ1v) is 21.7. The van der Waals surface area contributed by atoms with Gasteiger partial charge in [0.25, 0.3) is 0 Å². The van der Waals surface area contributed by atoms with Gasteiger partial charge in [0.05, 0.1) is 18.8 Å². The van der Waals surface area contributed by atoms with Crippen molar-refractivity contribution in [1.29, 1.82) is 0 Å². The predicted octanol–water partition coefficient (Wildman–Crippen LogP) is 14.8. The van der Waals surface area contributed by atoms with Crippen molar-refractivity contribution in [3.8, 4) is 11.5 Å². The lowest BCUT2D eigenvalue weighted by molar-refractivity contribution is 0.263. The SMILES string of the molecule is CC(C)CCC[C@@H](C)CCC[C@@H](C)CCCC(C)CCOc1ccc([C]=O)c(OCCC(C)CCC[C@H](C)CCC[C@H](C)CCCC(C)C)c1. The number of rotatable bonds is 33. The van der Waals surface area contributed by atoms with Crippen LogP contribution in [0.1, 0.15) is 203 Å². The van der Waals surface area contributed by atoms with Gasteiger partial charge in [-0.2, -0.15) is 0 Å². The molecule has 291 valence electrons. The van der Waals surface area contributed by atoms with Crippen molar-refractivity contribution in [3.63, 3.8) is 0 Å². The second-order valence-electron chi connectivity index (χ2n) is 18.0. The third-order valence-electron chi connectivity index (χ3n) is 11.3. The van der Waals surface area contributed by atoms with Gasteiger partial charge in [-0.25, -0.2) is 0 Å². The molecule has 0 bridgehead atoms. The van der Waals surface area contributed by atoms with Crippen molar-refractivity contribution in [3.05, 3.63) is 23.8 Å². The summed E-state index contributed by atoms with van der Waals surface area (Å²) in [5.74, 6) is 7.74. The lowest BCUT2D eigenvalue weighted by Gasteiger charge is -2.17. The van der Waals surface area contributed by atoms with Gasteiger partial charge in [-0.3, -0.25) is 4.79 Å². The van der Waals surface area contributed by atoms with E-state index in [1.807, 2.05) is 12.1 Å². The Balaban J connectivity index is 2.22. The zero-order chi connectivity index (χ0) is 37.1. The summed E-state index contributed by atoms with van der Waals surface area (Å²) >= 11 is 0. The summed E-state index contributed by atoms with van der Waals surface area (Å²) in [5.41, 5.74) is 0.483. The Labute approximate surface area is 313 Å². The lowest BCUT2D eigenvalue weighted by Crippen LogP contribution is -2.08. The van der Waals surface area contributed by atoms with E-state index in [9.17, 15) is 4.79 Å². The van der Waals surface area contributed by atoms with Gasteiger partial charge in [-0.15, -0.1) is 0 Å². The molecule has 0 saturated carbocycles. The Morgan fingerprint density at radius 1 is 0.440 bits per heavy atom. The molecule has 3 heteroatoms. The molecule has 1 rings (SSSR count). The third-order valence-corrected chi connectivity index (χ3v) is 11.3. The Kier molecular flexibility index (Phi) is 27.0. The van der Waals surface area contributed by atoms with Crippen LogP contribution in [-0.4, -0.2) is 19.5 Å². The Morgan fingerprint density at radius 3 is 1.10 bits per heavy atom. The maximum absolute atomic E-state index is 11.6. The van der Waals surface area contributed by atoms with E-state index >= 15 is 0 Å². The highest BCUT2D eigenvalue weighted by molar-refractivity contribution is 5.80. The average molecular weight is 698 g/mol. The van der Waals surface area contributed by atoms with Crippen LogP contribution in [0.3, 0.4) is 0 Å². The molecule has 1 aromatic carbocycles. The smallest absolute Gasteiger partial charge is 0.237 e. The largest absolute Gasteiger partial charge is 0.493 e. The molecule has 0 aromatic heterocycles. The Hall–Kier alpha value is -1.51. The van der Waals surface area contributed by atoms with E-state index in [0.29, 0.717) is 36.4 Å². The normalized spacial score (nSPS) is 15.5. The highest BCUT2D eigenvalue weighted by atomic mass is 16.5. The molecule has 0 N–H and O–H groups in total. The van der Waals surface area contributed by atoms with Crippen molar-refractivity contribution >= 4 is 6.29 Å². The quantitative estimate of drug-likeness (QED) is 0.0733. The van der Waals surface area contributed by atoms with Crippen molar-refractivity contribution in [1.82, 2.24) is 0 Å². The molecule has 0 aliphatic rings.